The van der Waals surface area contributed by atoms with E-state index >= 15 is 0 Å². The number of nitrogens with zero attached hydrogens (tertiary/aromatic N) is 6. The van der Waals surface area contributed by atoms with Gasteiger partial charge in [-0.05, 0) is 43.4 Å². The van der Waals surface area contributed by atoms with Crippen LogP contribution in [0.25, 0.3) is 0 Å². The molecule has 3 heterocycles. The van der Waals surface area contributed by atoms with Crippen LogP contribution in [0.15, 0.2) is 24.3 Å². The summed E-state index contributed by atoms with van der Waals surface area (Å²) in [5.74, 6) is 2.56. The average Bonchev–Trinajstić information content (AvgIpc) is 3.25. The van der Waals surface area contributed by atoms with E-state index in [1.165, 1.54) is 0 Å². The molecular weight excluding hydrogens is 408 g/mol. The second kappa shape index (κ2) is 9.58. The van der Waals surface area contributed by atoms with Crippen molar-refractivity contribution in [1.29, 1.82) is 0 Å². The number of carbonyl (C=O) groups excluding carboxylic acids is 2. The number of aryl methyl sites for hydroxylation is 1. The highest BCUT2D eigenvalue weighted by Crippen LogP contribution is 2.32. The highest BCUT2D eigenvalue weighted by Gasteiger charge is 2.34. The summed E-state index contributed by atoms with van der Waals surface area (Å²) in [6, 6.07) is 7.78. The van der Waals surface area contributed by atoms with Gasteiger partial charge in [-0.3, -0.25) is 4.79 Å². The second-order valence-corrected chi connectivity index (χ2v) is 8.67. The third-order valence-electron chi connectivity index (χ3n) is 6.33. The molecule has 0 bridgehead atoms. The van der Waals surface area contributed by atoms with Gasteiger partial charge in [0.15, 0.2) is 11.6 Å². The van der Waals surface area contributed by atoms with Gasteiger partial charge < -0.3 is 24.0 Å². The Morgan fingerprint density at radius 3 is 2.78 bits per heavy atom. The second-order valence-electron chi connectivity index (χ2n) is 8.67. The van der Waals surface area contributed by atoms with Crippen molar-refractivity contribution in [3.05, 3.63) is 41.5 Å². The fourth-order valence-electron chi connectivity index (χ4n) is 4.56. The molecule has 9 heteroatoms. The quantitative estimate of drug-likeness (QED) is 0.713. The summed E-state index contributed by atoms with van der Waals surface area (Å²) in [6.07, 6.45) is 4.09. The Kier molecular flexibility index (Phi) is 6.62. The largest absolute Gasteiger partial charge is 0.497 e. The number of rotatable bonds is 5. The monoisotopic (exact) mass is 440 g/mol. The third-order valence-corrected chi connectivity index (χ3v) is 6.33. The summed E-state index contributed by atoms with van der Waals surface area (Å²) in [5.41, 5.74) is 1.09. The van der Waals surface area contributed by atoms with E-state index < -0.39 is 0 Å². The number of benzene rings is 1. The maximum absolute atomic E-state index is 12.8. The number of piperidine rings is 1. The minimum Gasteiger partial charge on any atom is -0.497 e. The van der Waals surface area contributed by atoms with Crippen LogP contribution in [0.2, 0.25) is 0 Å². The number of likely N-dealkylation sites (tertiary alicyclic amines) is 1. The van der Waals surface area contributed by atoms with Gasteiger partial charge in [-0.25, -0.2) is 4.79 Å². The molecule has 0 radical (unpaired) electrons. The molecular formula is C23H32N6O3. The van der Waals surface area contributed by atoms with Crippen LogP contribution in [-0.4, -0.2) is 75.7 Å². The number of fused-ring (bicyclic) bond motifs is 1. The molecule has 2 aliphatic heterocycles. The molecule has 2 aliphatic rings. The lowest BCUT2D eigenvalue weighted by Crippen LogP contribution is -2.45. The van der Waals surface area contributed by atoms with E-state index in [1.54, 1.807) is 26.1 Å². The Hall–Kier alpha value is -3.10. The molecule has 1 aromatic heterocycles. The maximum Gasteiger partial charge on any atom is 0.320 e. The fraction of sp³-hybridized carbons (Fsp3) is 0.565. The van der Waals surface area contributed by atoms with Gasteiger partial charge in [0, 0.05) is 40.2 Å². The van der Waals surface area contributed by atoms with Gasteiger partial charge in [-0.15, -0.1) is 10.2 Å². The molecule has 1 unspecified atom stereocenters. The molecule has 32 heavy (non-hydrogen) atoms. The lowest BCUT2D eigenvalue weighted by Gasteiger charge is -2.37. The molecule has 1 saturated heterocycles. The van der Waals surface area contributed by atoms with Crippen LogP contribution < -0.4 is 4.74 Å². The molecule has 9 nitrogen and oxygen atoms in total. The Balaban J connectivity index is 1.41. The van der Waals surface area contributed by atoms with Crippen molar-refractivity contribution in [3.63, 3.8) is 0 Å². The molecule has 2 aromatic rings. The van der Waals surface area contributed by atoms with Crippen molar-refractivity contribution in [2.75, 3.05) is 34.3 Å². The van der Waals surface area contributed by atoms with E-state index in [1.807, 2.05) is 34.1 Å². The van der Waals surface area contributed by atoms with Crippen molar-refractivity contribution in [2.45, 2.75) is 51.2 Å². The normalized spacial score (nSPS) is 18.3. The van der Waals surface area contributed by atoms with Gasteiger partial charge in [0.05, 0.1) is 19.7 Å². The van der Waals surface area contributed by atoms with Crippen LogP contribution >= 0.6 is 0 Å². The van der Waals surface area contributed by atoms with Crippen molar-refractivity contribution in [3.8, 4) is 5.75 Å². The Labute approximate surface area is 188 Å². The van der Waals surface area contributed by atoms with Gasteiger partial charge in [0.2, 0.25) is 5.91 Å². The van der Waals surface area contributed by atoms with E-state index in [9.17, 15) is 9.59 Å². The van der Waals surface area contributed by atoms with Crippen LogP contribution in [-0.2, 0) is 24.3 Å². The van der Waals surface area contributed by atoms with E-state index in [2.05, 4.69) is 14.8 Å². The van der Waals surface area contributed by atoms with E-state index in [0.29, 0.717) is 32.5 Å². The minimum absolute atomic E-state index is 0.0113. The first-order valence-electron chi connectivity index (χ1n) is 11.3. The summed E-state index contributed by atoms with van der Waals surface area (Å²) in [6.45, 7) is 2.48. The van der Waals surface area contributed by atoms with Crippen LogP contribution in [0.1, 0.15) is 48.9 Å². The molecule has 0 N–H and O–H groups in total. The molecule has 0 spiro atoms. The number of methoxy groups -OCH3 is 1. The minimum atomic E-state index is -0.0600. The number of hydrogen-bond donors (Lipinski definition) is 0. The number of urea groups is 1. The highest BCUT2D eigenvalue weighted by molar-refractivity contribution is 5.76. The predicted octanol–water partition coefficient (Wildman–Crippen LogP) is 2.47. The predicted molar refractivity (Wildman–Crippen MR) is 119 cm³/mol. The first kappa shape index (κ1) is 22.1. The van der Waals surface area contributed by atoms with Gasteiger partial charge in [0.25, 0.3) is 0 Å². The van der Waals surface area contributed by atoms with Crippen LogP contribution in [0.5, 0.6) is 5.75 Å². The number of amides is 3. The van der Waals surface area contributed by atoms with Crippen molar-refractivity contribution < 1.29 is 14.3 Å². The number of carbonyl (C=O) groups is 2. The Morgan fingerprint density at radius 1 is 1.16 bits per heavy atom. The van der Waals surface area contributed by atoms with E-state index in [0.717, 1.165) is 48.8 Å². The first-order valence-corrected chi connectivity index (χ1v) is 11.3. The Morgan fingerprint density at radius 2 is 2.00 bits per heavy atom. The van der Waals surface area contributed by atoms with Crippen molar-refractivity contribution in [2.24, 2.45) is 0 Å². The average molecular weight is 441 g/mol. The zero-order chi connectivity index (χ0) is 22.7. The molecule has 1 atom stereocenters. The first-order chi connectivity index (χ1) is 15.5. The lowest BCUT2D eigenvalue weighted by atomic mass is 10.0. The van der Waals surface area contributed by atoms with Gasteiger partial charge in [0.1, 0.15) is 5.75 Å². The summed E-state index contributed by atoms with van der Waals surface area (Å²) >= 11 is 0. The molecule has 172 valence electrons. The highest BCUT2D eigenvalue weighted by atomic mass is 16.5. The van der Waals surface area contributed by atoms with Gasteiger partial charge >= 0.3 is 6.03 Å². The zero-order valence-corrected chi connectivity index (χ0v) is 19.2. The van der Waals surface area contributed by atoms with Crippen LogP contribution in [0, 0.1) is 0 Å². The molecule has 0 aliphatic carbocycles. The standard InChI is InChI=1S/C23H32N6O3/c1-26(2)23(31)28-12-5-4-9-19(28)22-25-24-20-16-27(13-14-29(20)22)21(30)11-10-17-7-6-8-18(15-17)32-3/h6-8,15,19H,4-5,9-14,16H2,1-3H3. The smallest absolute Gasteiger partial charge is 0.320 e. The number of aromatic nitrogens is 3. The summed E-state index contributed by atoms with van der Waals surface area (Å²) in [4.78, 5) is 30.9. The zero-order valence-electron chi connectivity index (χ0n) is 19.2. The number of ether oxygens (including phenoxy) is 1. The maximum atomic E-state index is 12.8. The molecule has 1 fully saturated rings. The van der Waals surface area contributed by atoms with Crippen molar-refractivity contribution >= 4 is 11.9 Å². The van der Waals surface area contributed by atoms with Crippen molar-refractivity contribution in [1.82, 2.24) is 29.5 Å². The summed E-state index contributed by atoms with van der Waals surface area (Å²) in [5, 5.41) is 8.86. The van der Waals surface area contributed by atoms with Gasteiger partial charge in [-0.1, -0.05) is 12.1 Å². The SMILES string of the molecule is COc1cccc(CCC(=O)N2CCn3c(nnc3C3CCCCN3C(=O)N(C)C)C2)c1. The molecule has 3 amide bonds. The summed E-state index contributed by atoms with van der Waals surface area (Å²) in [7, 11) is 5.20. The third kappa shape index (κ3) is 4.56. The molecule has 1 aromatic carbocycles. The van der Waals surface area contributed by atoms with Gasteiger partial charge in [-0.2, -0.15) is 0 Å². The van der Waals surface area contributed by atoms with E-state index in [4.69, 9.17) is 4.74 Å². The molecule has 0 saturated carbocycles. The van der Waals surface area contributed by atoms with E-state index in [-0.39, 0.29) is 18.0 Å². The molecule has 4 rings (SSSR count). The van der Waals surface area contributed by atoms with Crippen LogP contribution in [0.4, 0.5) is 4.79 Å². The summed E-state index contributed by atoms with van der Waals surface area (Å²) < 4.78 is 7.37. The Bertz CT molecular complexity index is 972. The topological polar surface area (TPSA) is 83.8 Å². The fourth-order valence-corrected chi connectivity index (χ4v) is 4.56. The van der Waals surface area contributed by atoms with Crippen LogP contribution in [0.3, 0.4) is 0 Å². The number of hydrogen-bond acceptors (Lipinski definition) is 5. The lowest BCUT2D eigenvalue weighted by molar-refractivity contribution is -0.132.